The fraction of sp³-hybridized carbons (Fsp3) is 0.235. The van der Waals surface area contributed by atoms with Crippen LogP contribution < -0.4 is 5.32 Å². The number of benzene rings is 2. The molecule has 0 bridgehead atoms. The van der Waals surface area contributed by atoms with Gasteiger partial charge < -0.3 is 10.4 Å². The number of hydrogen-bond donors (Lipinski definition) is 2. The largest absolute Gasteiger partial charge is 0.394 e. The molecule has 0 saturated carbocycles. The Morgan fingerprint density at radius 2 is 1.60 bits per heavy atom. The number of aliphatic hydroxyl groups is 1. The molecule has 0 saturated heterocycles. The van der Waals surface area contributed by atoms with E-state index in [0.29, 0.717) is 6.42 Å². The minimum atomic E-state index is -0.757. The monoisotopic (exact) mass is 269 g/mol. The third-order valence-corrected chi connectivity index (χ3v) is 3.35. The molecule has 2 aromatic rings. The maximum absolute atomic E-state index is 12.1. The van der Waals surface area contributed by atoms with Gasteiger partial charge in [-0.25, -0.2) is 0 Å². The Morgan fingerprint density at radius 1 is 1.05 bits per heavy atom. The Morgan fingerprint density at radius 3 is 2.15 bits per heavy atom. The molecule has 104 valence electrons. The molecule has 0 aliphatic heterocycles. The van der Waals surface area contributed by atoms with Crippen LogP contribution in [0.2, 0.25) is 0 Å². The van der Waals surface area contributed by atoms with Gasteiger partial charge in [0.2, 0.25) is 5.91 Å². The molecule has 0 heterocycles. The minimum Gasteiger partial charge on any atom is -0.394 e. The van der Waals surface area contributed by atoms with Gasteiger partial charge in [-0.1, -0.05) is 60.7 Å². The van der Waals surface area contributed by atoms with Crippen LogP contribution in [0.15, 0.2) is 60.7 Å². The van der Waals surface area contributed by atoms with Crippen molar-refractivity contribution in [3.63, 3.8) is 0 Å². The molecule has 0 aliphatic carbocycles. The van der Waals surface area contributed by atoms with E-state index >= 15 is 0 Å². The van der Waals surface area contributed by atoms with E-state index in [1.54, 1.807) is 0 Å². The van der Waals surface area contributed by atoms with Crippen molar-refractivity contribution in [2.75, 3.05) is 6.61 Å². The van der Waals surface area contributed by atoms with Crippen LogP contribution in [0.1, 0.15) is 18.1 Å². The van der Waals surface area contributed by atoms with E-state index in [0.717, 1.165) is 11.1 Å². The van der Waals surface area contributed by atoms with Gasteiger partial charge in [0.1, 0.15) is 0 Å². The molecule has 2 N–H and O–H groups in total. The molecule has 20 heavy (non-hydrogen) atoms. The van der Waals surface area contributed by atoms with E-state index in [4.69, 9.17) is 0 Å². The molecule has 3 nitrogen and oxygen atoms in total. The molecule has 1 atom stereocenters. The van der Waals surface area contributed by atoms with Gasteiger partial charge in [-0.05, 0) is 18.1 Å². The first-order valence-corrected chi connectivity index (χ1v) is 6.65. The summed E-state index contributed by atoms with van der Waals surface area (Å²) in [6.07, 6.45) is 0.309. The zero-order chi connectivity index (χ0) is 14.4. The van der Waals surface area contributed by atoms with Crippen molar-refractivity contribution in [1.82, 2.24) is 5.32 Å². The van der Waals surface area contributed by atoms with Gasteiger partial charge in [0.15, 0.2) is 0 Å². The average Bonchev–Trinajstić information content (AvgIpc) is 2.49. The number of nitrogens with one attached hydrogen (secondary N) is 1. The van der Waals surface area contributed by atoms with E-state index in [1.165, 1.54) is 0 Å². The van der Waals surface area contributed by atoms with Crippen molar-refractivity contribution < 1.29 is 9.90 Å². The van der Waals surface area contributed by atoms with Crippen LogP contribution >= 0.6 is 0 Å². The SMILES string of the molecule is CC(CO)(NC(=O)Cc1ccccc1)c1ccccc1. The van der Waals surface area contributed by atoms with Crippen LogP contribution in [0.25, 0.3) is 0 Å². The Hall–Kier alpha value is -2.13. The highest BCUT2D eigenvalue weighted by molar-refractivity contribution is 5.79. The van der Waals surface area contributed by atoms with Crippen LogP contribution in [0.4, 0.5) is 0 Å². The summed E-state index contributed by atoms with van der Waals surface area (Å²) in [6, 6.07) is 19.1. The molecule has 0 radical (unpaired) electrons. The van der Waals surface area contributed by atoms with E-state index < -0.39 is 5.54 Å². The highest BCUT2D eigenvalue weighted by Gasteiger charge is 2.27. The number of carbonyl (C=O) groups excluding carboxylic acids is 1. The molecular weight excluding hydrogens is 250 g/mol. The standard InChI is InChI=1S/C17H19NO2/c1-17(13-19,15-10-6-3-7-11-15)18-16(20)12-14-8-4-2-5-9-14/h2-11,19H,12-13H2,1H3,(H,18,20). The van der Waals surface area contributed by atoms with Crippen molar-refractivity contribution in [3.05, 3.63) is 71.8 Å². The van der Waals surface area contributed by atoms with Crippen molar-refractivity contribution in [2.45, 2.75) is 18.9 Å². The number of amides is 1. The van der Waals surface area contributed by atoms with Crippen molar-refractivity contribution >= 4 is 5.91 Å². The first kappa shape index (κ1) is 14.3. The van der Waals surface area contributed by atoms with Crippen LogP contribution in [0, 0.1) is 0 Å². The van der Waals surface area contributed by atoms with Crippen LogP contribution in [-0.2, 0) is 16.8 Å². The molecule has 0 fully saturated rings. The van der Waals surface area contributed by atoms with Crippen LogP contribution in [0.5, 0.6) is 0 Å². The van der Waals surface area contributed by atoms with Gasteiger partial charge in [0.05, 0.1) is 18.6 Å². The summed E-state index contributed by atoms with van der Waals surface area (Å²) >= 11 is 0. The quantitative estimate of drug-likeness (QED) is 0.874. The molecule has 3 heteroatoms. The Labute approximate surface area is 119 Å². The topological polar surface area (TPSA) is 49.3 Å². The van der Waals surface area contributed by atoms with Gasteiger partial charge in [0.25, 0.3) is 0 Å². The second kappa shape index (κ2) is 6.35. The predicted molar refractivity (Wildman–Crippen MR) is 79.2 cm³/mol. The van der Waals surface area contributed by atoms with Gasteiger partial charge in [0, 0.05) is 0 Å². The third kappa shape index (κ3) is 3.45. The normalized spacial score (nSPS) is 13.5. The summed E-state index contributed by atoms with van der Waals surface area (Å²) in [7, 11) is 0. The molecule has 1 unspecified atom stereocenters. The Kier molecular flexibility index (Phi) is 4.53. The summed E-state index contributed by atoms with van der Waals surface area (Å²) in [4.78, 5) is 12.1. The second-order valence-electron chi connectivity index (χ2n) is 5.07. The smallest absolute Gasteiger partial charge is 0.225 e. The zero-order valence-corrected chi connectivity index (χ0v) is 11.5. The van der Waals surface area contributed by atoms with Crippen LogP contribution in [0.3, 0.4) is 0 Å². The highest BCUT2D eigenvalue weighted by atomic mass is 16.3. The fourth-order valence-corrected chi connectivity index (χ4v) is 2.14. The lowest BCUT2D eigenvalue weighted by atomic mass is 9.92. The van der Waals surface area contributed by atoms with Crippen molar-refractivity contribution in [3.8, 4) is 0 Å². The van der Waals surface area contributed by atoms with Gasteiger partial charge in [-0.2, -0.15) is 0 Å². The molecule has 1 amide bonds. The fourth-order valence-electron chi connectivity index (χ4n) is 2.14. The lowest BCUT2D eigenvalue weighted by Crippen LogP contribution is -2.46. The lowest BCUT2D eigenvalue weighted by molar-refractivity contribution is -0.122. The number of rotatable bonds is 5. The van der Waals surface area contributed by atoms with Gasteiger partial charge in [-0.3, -0.25) is 4.79 Å². The molecule has 2 rings (SSSR count). The number of hydrogen-bond acceptors (Lipinski definition) is 2. The summed E-state index contributed by atoms with van der Waals surface area (Å²) in [5.74, 6) is -0.100. The first-order chi connectivity index (χ1) is 9.64. The zero-order valence-electron chi connectivity index (χ0n) is 11.5. The molecule has 0 spiro atoms. The minimum absolute atomic E-state index is 0.100. The van der Waals surface area contributed by atoms with Crippen molar-refractivity contribution in [1.29, 1.82) is 0 Å². The lowest BCUT2D eigenvalue weighted by Gasteiger charge is -2.29. The first-order valence-electron chi connectivity index (χ1n) is 6.65. The number of aliphatic hydroxyl groups excluding tert-OH is 1. The predicted octanol–water partition coefficient (Wildman–Crippen LogP) is 2.25. The Balaban J connectivity index is 2.08. The Bertz CT molecular complexity index is 554. The summed E-state index contributed by atoms with van der Waals surface area (Å²) in [6.45, 7) is 1.68. The average molecular weight is 269 g/mol. The summed E-state index contributed by atoms with van der Waals surface area (Å²) in [5, 5.41) is 12.6. The second-order valence-corrected chi connectivity index (χ2v) is 5.07. The summed E-state index contributed by atoms with van der Waals surface area (Å²) in [5.41, 5.74) is 1.09. The third-order valence-electron chi connectivity index (χ3n) is 3.35. The van der Waals surface area contributed by atoms with E-state index in [9.17, 15) is 9.90 Å². The van der Waals surface area contributed by atoms with Gasteiger partial charge in [-0.15, -0.1) is 0 Å². The van der Waals surface area contributed by atoms with E-state index in [-0.39, 0.29) is 12.5 Å². The molecule has 0 aliphatic rings. The van der Waals surface area contributed by atoms with Crippen molar-refractivity contribution in [2.24, 2.45) is 0 Å². The molecular formula is C17H19NO2. The van der Waals surface area contributed by atoms with Crippen LogP contribution in [-0.4, -0.2) is 17.6 Å². The molecule has 2 aromatic carbocycles. The maximum Gasteiger partial charge on any atom is 0.225 e. The molecule has 0 aromatic heterocycles. The number of carbonyl (C=O) groups is 1. The van der Waals surface area contributed by atoms with Gasteiger partial charge >= 0.3 is 0 Å². The maximum atomic E-state index is 12.1. The summed E-state index contributed by atoms with van der Waals surface area (Å²) < 4.78 is 0. The van der Waals surface area contributed by atoms with E-state index in [1.807, 2.05) is 67.6 Å². The van der Waals surface area contributed by atoms with E-state index in [2.05, 4.69) is 5.32 Å². The highest BCUT2D eigenvalue weighted by Crippen LogP contribution is 2.20.